The molecule has 0 aliphatic carbocycles. The number of nitrogens with zero attached hydrogens (tertiary/aromatic N) is 2. The molecule has 0 fully saturated rings. The first-order chi connectivity index (χ1) is 12.6. The number of aromatic nitrogens is 1. The Balaban J connectivity index is 2.00. The highest BCUT2D eigenvalue weighted by Gasteiger charge is 2.20. The van der Waals surface area contributed by atoms with Gasteiger partial charge in [-0.25, -0.2) is 0 Å². The van der Waals surface area contributed by atoms with E-state index in [1.54, 1.807) is 42.5 Å². The third-order valence-corrected chi connectivity index (χ3v) is 3.64. The average Bonchev–Trinajstić information content (AvgIpc) is 2.69. The quantitative estimate of drug-likeness (QED) is 0.432. The fraction of sp³-hybridized carbons (Fsp3) is 0. The van der Waals surface area contributed by atoms with Gasteiger partial charge in [-0.05, 0) is 18.2 Å². The summed E-state index contributed by atoms with van der Waals surface area (Å²) in [6.45, 7) is 0. The van der Waals surface area contributed by atoms with Gasteiger partial charge < -0.3 is 5.32 Å². The highest BCUT2D eigenvalue weighted by molar-refractivity contribution is 6.15. The van der Waals surface area contributed by atoms with Gasteiger partial charge in [0.05, 0.1) is 16.2 Å². The summed E-state index contributed by atoms with van der Waals surface area (Å²) in [5, 5.41) is 13.7. The fourth-order valence-corrected chi connectivity index (χ4v) is 2.37. The molecule has 0 saturated heterocycles. The number of anilines is 1. The van der Waals surface area contributed by atoms with Gasteiger partial charge in [-0.3, -0.25) is 24.7 Å². The summed E-state index contributed by atoms with van der Waals surface area (Å²) in [5.74, 6) is -0.938. The van der Waals surface area contributed by atoms with Crippen LogP contribution in [0.25, 0.3) is 0 Å². The number of pyridine rings is 1. The van der Waals surface area contributed by atoms with E-state index in [9.17, 15) is 19.7 Å². The van der Waals surface area contributed by atoms with Crippen molar-refractivity contribution in [3.8, 4) is 0 Å². The van der Waals surface area contributed by atoms with Crippen LogP contribution in [0.2, 0.25) is 0 Å². The molecule has 0 aliphatic rings. The number of carbonyl (C=O) groups excluding carboxylic acids is 2. The van der Waals surface area contributed by atoms with E-state index in [2.05, 4.69) is 10.3 Å². The lowest BCUT2D eigenvalue weighted by Gasteiger charge is -2.10. The predicted octanol–water partition coefficient (Wildman–Crippen LogP) is 3.47. The summed E-state index contributed by atoms with van der Waals surface area (Å²) < 4.78 is 0. The number of non-ortho nitro benzene ring substituents is 1. The number of nitro groups is 1. The summed E-state index contributed by atoms with van der Waals surface area (Å²) in [6.07, 6.45) is 1.47. The molecule has 3 aromatic rings. The van der Waals surface area contributed by atoms with Crippen molar-refractivity contribution >= 4 is 23.1 Å². The summed E-state index contributed by atoms with van der Waals surface area (Å²) in [6, 6.07) is 16.9. The van der Waals surface area contributed by atoms with E-state index >= 15 is 0 Å². The summed E-state index contributed by atoms with van der Waals surface area (Å²) in [7, 11) is 0. The Hall–Kier alpha value is -3.87. The van der Waals surface area contributed by atoms with Crippen molar-refractivity contribution in [2.24, 2.45) is 0 Å². The van der Waals surface area contributed by atoms with E-state index in [0.29, 0.717) is 5.56 Å². The second kappa shape index (κ2) is 7.35. The van der Waals surface area contributed by atoms with Gasteiger partial charge in [-0.2, -0.15) is 0 Å². The molecule has 1 heterocycles. The van der Waals surface area contributed by atoms with Gasteiger partial charge >= 0.3 is 0 Å². The Morgan fingerprint density at radius 1 is 0.962 bits per heavy atom. The Bertz CT molecular complexity index is 973. The SMILES string of the molecule is O=C(Nc1ccc([N+](=O)[O-])cc1C(=O)c1ccccc1)c1ccccn1. The molecule has 0 spiro atoms. The number of nitro benzene ring substituents is 1. The van der Waals surface area contributed by atoms with Gasteiger partial charge in [0.2, 0.25) is 0 Å². The molecule has 1 amide bonds. The topological polar surface area (TPSA) is 102 Å². The minimum Gasteiger partial charge on any atom is -0.320 e. The highest BCUT2D eigenvalue weighted by Crippen LogP contribution is 2.25. The molecule has 0 saturated carbocycles. The Morgan fingerprint density at radius 3 is 2.35 bits per heavy atom. The summed E-state index contributed by atoms with van der Waals surface area (Å²) in [4.78, 5) is 39.5. The Kier molecular flexibility index (Phi) is 4.80. The number of benzene rings is 2. The second-order valence-electron chi connectivity index (χ2n) is 5.35. The second-order valence-corrected chi connectivity index (χ2v) is 5.35. The van der Waals surface area contributed by atoms with Crippen LogP contribution in [0.15, 0.2) is 72.9 Å². The first-order valence-electron chi connectivity index (χ1n) is 7.67. The van der Waals surface area contributed by atoms with Crippen molar-refractivity contribution in [3.63, 3.8) is 0 Å². The van der Waals surface area contributed by atoms with E-state index < -0.39 is 16.6 Å². The van der Waals surface area contributed by atoms with Crippen LogP contribution in [0.3, 0.4) is 0 Å². The van der Waals surface area contributed by atoms with E-state index in [4.69, 9.17) is 0 Å². The van der Waals surface area contributed by atoms with Crippen molar-refractivity contribution in [2.75, 3.05) is 5.32 Å². The van der Waals surface area contributed by atoms with Gasteiger partial charge in [0.15, 0.2) is 5.78 Å². The number of ketones is 1. The van der Waals surface area contributed by atoms with Gasteiger partial charge in [0.1, 0.15) is 5.69 Å². The number of hydrogen-bond acceptors (Lipinski definition) is 5. The molecule has 0 bridgehead atoms. The summed E-state index contributed by atoms with van der Waals surface area (Å²) >= 11 is 0. The molecule has 3 rings (SSSR count). The van der Waals surface area contributed by atoms with Crippen molar-refractivity contribution in [1.29, 1.82) is 0 Å². The molecule has 2 aromatic carbocycles. The molecule has 1 N–H and O–H groups in total. The number of amides is 1. The largest absolute Gasteiger partial charge is 0.320 e. The maximum absolute atomic E-state index is 12.8. The zero-order valence-corrected chi connectivity index (χ0v) is 13.5. The molecule has 0 aliphatic heterocycles. The zero-order valence-electron chi connectivity index (χ0n) is 13.5. The lowest BCUT2D eigenvalue weighted by molar-refractivity contribution is -0.384. The fourth-order valence-electron chi connectivity index (χ4n) is 2.37. The number of rotatable bonds is 5. The number of nitrogens with one attached hydrogen (secondary N) is 1. The first kappa shape index (κ1) is 17.0. The van der Waals surface area contributed by atoms with Crippen molar-refractivity contribution in [3.05, 3.63) is 99.9 Å². The van der Waals surface area contributed by atoms with Gasteiger partial charge in [0.25, 0.3) is 11.6 Å². The maximum atomic E-state index is 12.8. The van der Waals surface area contributed by atoms with Crippen LogP contribution in [0.4, 0.5) is 11.4 Å². The van der Waals surface area contributed by atoms with E-state index in [0.717, 1.165) is 6.07 Å². The van der Waals surface area contributed by atoms with Crippen LogP contribution < -0.4 is 5.32 Å². The molecule has 26 heavy (non-hydrogen) atoms. The van der Waals surface area contributed by atoms with Crippen molar-refractivity contribution in [2.45, 2.75) is 0 Å². The normalized spacial score (nSPS) is 10.2. The number of hydrogen-bond donors (Lipinski definition) is 1. The minimum absolute atomic E-state index is 0.0367. The zero-order chi connectivity index (χ0) is 18.5. The van der Waals surface area contributed by atoms with Crippen LogP contribution in [0, 0.1) is 10.1 Å². The van der Waals surface area contributed by atoms with E-state index in [-0.39, 0.29) is 22.6 Å². The van der Waals surface area contributed by atoms with Gasteiger partial charge in [-0.15, -0.1) is 0 Å². The van der Waals surface area contributed by atoms with Crippen LogP contribution in [-0.2, 0) is 0 Å². The molecule has 1 aromatic heterocycles. The van der Waals surface area contributed by atoms with Crippen LogP contribution in [-0.4, -0.2) is 21.6 Å². The lowest BCUT2D eigenvalue weighted by atomic mass is 10.0. The predicted molar refractivity (Wildman–Crippen MR) is 95.2 cm³/mol. The molecule has 128 valence electrons. The minimum atomic E-state index is -0.591. The van der Waals surface area contributed by atoms with Crippen molar-refractivity contribution in [1.82, 2.24) is 4.98 Å². The van der Waals surface area contributed by atoms with Crippen molar-refractivity contribution < 1.29 is 14.5 Å². The van der Waals surface area contributed by atoms with Crippen LogP contribution in [0.5, 0.6) is 0 Å². The van der Waals surface area contributed by atoms with E-state index in [1.807, 2.05) is 0 Å². The molecule has 0 radical (unpaired) electrons. The highest BCUT2D eigenvalue weighted by atomic mass is 16.6. The Morgan fingerprint density at radius 2 is 1.69 bits per heavy atom. The van der Waals surface area contributed by atoms with Gasteiger partial charge in [0, 0.05) is 23.9 Å². The summed E-state index contributed by atoms with van der Waals surface area (Å²) in [5.41, 5.74) is 0.514. The smallest absolute Gasteiger partial charge is 0.274 e. The van der Waals surface area contributed by atoms with E-state index in [1.165, 1.54) is 24.4 Å². The van der Waals surface area contributed by atoms with Crippen LogP contribution in [0.1, 0.15) is 26.4 Å². The molecular weight excluding hydrogens is 334 g/mol. The third-order valence-electron chi connectivity index (χ3n) is 3.64. The standard InChI is InChI=1S/C19H13N3O4/c23-18(13-6-2-1-3-7-13)15-12-14(22(25)26)9-10-16(15)21-19(24)17-8-4-5-11-20-17/h1-12H,(H,21,24). The van der Waals surface area contributed by atoms with Gasteiger partial charge in [-0.1, -0.05) is 36.4 Å². The Labute approximate surface area is 148 Å². The molecule has 0 unspecified atom stereocenters. The molecule has 7 nitrogen and oxygen atoms in total. The number of carbonyl (C=O) groups is 2. The molecular formula is C19H13N3O4. The average molecular weight is 347 g/mol. The third kappa shape index (κ3) is 3.62. The maximum Gasteiger partial charge on any atom is 0.274 e. The monoisotopic (exact) mass is 347 g/mol. The lowest BCUT2D eigenvalue weighted by Crippen LogP contribution is -2.16. The molecule has 7 heteroatoms. The van der Waals surface area contributed by atoms with Crippen LogP contribution >= 0.6 is 0 Å². The molecule has 0 atom stereocenters. The first-order valence-corrected chi connectivity index (χ1v) is 7.67.